The zero-order valence-electron chi connectivity index (χ0n) is 16.7. The van der Waals surface area contributed by atoms with Crippen molar-refractivity contribution in [1.82, 2.24) is 9.55 Å². The van der Waals surface area contributed by atoms with Gasteiger partial charge in [-0.05, 0) is 61.4 Å². The lowest BCUT2D eigenvalue weighted by atomic mass is 9.93. The summed E-state index contributed by atoms with van der Waals surface area (Å²) < 4.78 is 2.17. The molecule has 0 saturated carbocycles. The Kier molecular flexibility index (Phi) is 7.69. The van der Waals surface area contributed by atoms with Crippen LogP contribution in [0.3, 0.4) is 0 Å². The number of hydrogen-bond donors (Lipinski definition) is 2. The molecule has 0 radical (unpaired) electrons. The fourth-order valence-corrected chi connectivity index (χ4v) is 4.46. The molecule has 29 heavy (non-hydrogen) atoms. The number of aryl methyl sites for hydroxylation is 1. The monoisotopic (exact) mass is 453 g/mol. The number of rotatable bonds is 9. The zero-order chi connectivity index (χ0) is 21.0. The van der Waals surface area contributed by atoms with Gasteiger partial charge in [0, 0.05) is 28.9 Å². The summed E-state index contributed by atoms with van der Waals surface area (Å²) in [5, 5.41) is 14.3. The fourth-order valence-electron chi connectivity index (χ4n) is 3.74. The molecule has 0 spiro atoms. The maximum atomic E-state index is 9.25. The van der Waals surface area contributed by atoms with Crippen LogP contribution in [0.5, 0.6) is 0 Å². The molecule has 1 aromatic heterocycles. The van der Waals surface area contributed by atoms with Crippen molar-refractivity contribution in [3.05, 3.63) is 51.0 Å². The van der Waals surface area contributed by atoms with E-state index in [1.807, 2.05) is 18.2 Å². The highest BCUT2D eigenvalue weighted by Gasteiger charge is 2.20. The molecule has 0 aliphatic carbocycles. The average molecular weight is 455 g/mol. The first kappa shape index (κ1) is 22.2. The Balaban J connectivity index is 2.16. The van der Waals surface area contributed by atoms with Crippen LogP contribution in [0.2, 0.25) is 15.1 Å². The van der Waals surface area contributed by atoms with Crippen LogP contribution < -0.4 is 5.32 Å². The molecule has 3 aromatic rings. The summed E-state index contributed by atoms with van der Waals surface area (Å²) in [7, 11) is 0. The number of imidazole rings is 1. The number of nitrogens with one attached hydrogen (secondary N) is 1. The highest BCUT2D eigenvalue weighted by molar-refractivity contribution is 6.35. The number of anilines is 2. The first-order chi connectivity index (χ1) is 14.0. The Labute approximate surface area is 186 Å². The number of hydrogen-bond acceptors (Lipinski definition) is 3. The van der Waals surface area contributed by atoms with Gasteiger partial charge >= 0.3 is 0 Å². The van der Waals surface area contributed by atoms with E-state index in [9.17, 15) is 5.11 Å². The van der Waals surface area contributed by atoms with Gasteiger partial charge in [-0.25, -0.2) is 4.98 Å². The van der Waals surface area contributed by atoms with Gasteiger partial charge < -0.3 is 15.0 Å². The number of benzene rings is 2. The summed E-state index contributed by atoms with van der Waals surface area (Å²) in [6, 6.07) is 9.37. The van der Waals surface area contributed by atoms with Crippen molar-refractivity contribution in [2.45, 2.75) is 52.0 Å². The summed E-state index contributed by atoms with van der Waals surface area (Å²) in [5.74, 6) is 1.12. The van der Waals surface area contributed by atoms with Crippen molar-refractivity contribution in [2.24, 2.45) is 0 Å². The van der Waals surface area contributed by atoms with Gasteiger partial charge in [-0.15, -0.1) is 0 Å². The van der Waals surface area contributed by atoms with Crippen LogP contribution in [0.25, 0.3) is 11.0 Å². The van der Waals surface area contributed by atoms with Crippen LogP contribution in [0, 0.1) is 0 Å². The van der Waals surface area contributed by atoms with E-state index in [2.05, 4.69) is 29.8 Å². The molecule has 0 unspecified atom stereocenters. The summed E-state index contributed by atoms with van der Waals surface area (Å²) in [5.41, 5.74) is 3.86. The summed E-state index contributed by atoms with van der Waals surface area (Å²) >= 11 is 18.9. The first-order valence-electron chi connectivity index (χ1n) is 10.0. The van der Waals surface area contributed by atoms with E-state index in [1.165, 1.54) is 5.56 Å². The minimum Gasteiger partial charge on any atom is -0.396 e. The Hall–Kier alpha value is -1.46. The average Bonchev–Trinajstić information content (AvgIpc) is 3.03. The highest BCUT2D eigenvalue weighted by Crippen LogP contribution is 2.37. The molecule has 0 bridgehead atoms. The largest absolute Gasteiger partial charge is 0.396 e. The number of nitrogens with zero attached hydrogens (tertiary/aromatic N) is 2. The van der Waals surface area contributed by atoms with Gasteiger partial charge in [0.2, 0.25) is 5.95 Å². The number of aromatic nitrogens is 2. The fraction of sp³-hybridized carbons (Fsp3) is 0.409. The van der Waals surface area contributed by atoms with Gasteiger partial charge in [-0.1, -0.05) is 54.7 Å². The molecule has 0 aliphatic heterocycles. The maximum absolute atomic E-state index is 9.25. The maximum Gasteiger partial charge on any atom is 0.208 e. The molecule has 156 valence electrons. The molecule has 0 amide bonds. The van der Waals surface area contributed by atoms with Crippen LogP contribution in [0.15, 0.2) is 30.3 Å². The second kappa shape index (κ2) is 10.0. The minimum absolute atomic E-state index is 0.166. The van der Waals surface area contributed by atoms with Crippen molar-refractivity contribution >= 4 is 57.5 Å². The first-order valence-corrected chi connectivity index (χ1v) is 11.1. The molecule has 0 atom stereocenters. The third-order valence-corrected chi connectivity index (χ3v) is 5.95. The van der Waals surface area contributed by atoms with Gasteiger partial charge in [0.05, 0.1) is 10.5 Å². The summed E-state index contributed by atoms with van der Waals surface area (Å²) in [4.78, 5) is 4.83. The lowest BCUT2D eigenvalue weighted by molar-refractivity contribution is 0.281. The number of unbranched alkanes of at least 4 members (excludes halogenated alkanes) is 1. The Morgan fingerprint density at radius 2 is 1.72 bits per heavy atom. The van der Waals surface area contributed by atoms with E-state index < -0.39 is 0 Å². The Morgan fingerprint density at radius 1 is 1.03 bits per heavy atom. The molecule has 2 N–H and O–H groups in total. The molecular weight excluding hydrogens is 429 g/mol. The smallest absolute Gasteiger partial charge is 0.208 e. The highest BCUT2D eigenvalue weighted by atomic mass is 35.5. The molecule has 2 aromatic carbocycles. The summed E-state index contributed by atoms with van der Waals surface area (Å²) in [6.07, 6.45) is 3.65. The molecule has 7 heteroatoms. The third-order valence-electron chi connectivity index (χ3n) is 5.21. The van der Waals surface area contributed by atoms with Crippen molar-refractivity contribution in [2.75, 3.05) is 11.9 Å². The van der Waals surface area contributed by atoms with E-state index in [-0.39, 0.29) is 6.61 Å². The molecule has 0 saturated heterocycles. The predicted molar refractivity (Wildman–Crippen MR) is 124 cm³/mol. The lowest BCUT2D eigenvalue weighted by Gasteiger charge is -2.18. The van der Waals surface area contributed by atoms with Crippen LogP contribution in [-0.2, 0) is 6.54 Å². The Morgan fingerprint density at radius 3 is 2.34 bits per heavy atom. The van der Waals surface area contributed by atoms with E-state index in [0.29, 0.717) is 26.9 Å². The topological polar surface area (TPSA) is 50.1 Å². The number of aliphatic hydroxyl groups excluding tert-OH is 1. The SMILES string of the molecule is CCC(CC)c1ccc(Cl)c2nc(Nc3cc(Cl)cc(Cl)c3)n(CCCCO)c12. The van der Waals surface area contributed by atoms with Crippen molar-refractivity contribution < 1.29 is 5.11 Å². The van der Waals surface area contributed by atoms with Gasteiger partial charge in [0.25, 0.3) is 0 Å². The van der Waals surface area contributed by atoms with Crippen molar-refractivity contribution in [3.8, 4) is 0 Å². The van der Waals surface area contributed by atoms with Crippen LogP contribution in [0.4, 0.5) is 11.6 Å². The minimum atomic E-state index is 0.166. The van der Waals surface area contributed by atoms with E-state index in [1.54, 1.807) is 6.07 Å². The third kappa shape index (κ3) is 5.00. The molecule has 4 nitrogen and oxygen atoms in total. The molecule has 0 aliphatic rings. The number of aliphatic hydroxyl groups is 1. The van der Waals surface area contributed by atoms with E-state index in [4.69, 9.17) is 39.8 Å². The van der Waals surface area contributed by atoms with Gasteiger partial charge in [0.15, 0.2) is 0 Å². The van der Waals surface area contributed by atoms with Crippen LogP contribution in [0.1, 0.15) is 51.0 Å². The summed E-state index contributed by atoms with van der Waals surface area (Å²) in [6.45, 7) is 5.29. The quantitative estimate of drug-likeness (QED) is 0.331. The van der Waals surface area contributed by atoms with Crippen LogP contribution >= 0.6 is 34.8 Å². The Bertz CT molecular complexity index is 963. The van der Waals surface area contributed by atoms with Gasteiger partial charge in [0.1, 0.15) is 5.52 Å². The number of halogens is 3. The number of fused-ring (bicyclic) bond motifs is 1. The van der Waals surface area contributed by atoms with Gasteiger partial charge in [-0.3, -0.25) is 0 Å². The molecule has 3 rings (SSSR count). The normalized spacial score (nSPS) is 11.6. The predicted octanol–water partition coefficient (Wildman–Crippen LogP) is 7.42. The molecule has 1 heterocycles. The second-order valence-electron chi connectivity index (χ2n) is 7.15. The van der Waals surface area contributed by atoms with E-state index >= 15 is 0 Å². The van der Waals surface area contributed by atoms with Crippen molar-refractivity contribution in [1.29, 1.82) is 0 Å². The lowest BCUT2D eigenvalue weighted by Crippen LogP contribution is -2.07. The molecule has 0 fully saturated rings. The van der Waals surface area contributed by atoms with Gasteiger partial charge in [-0.2, -0.15) is 0 Å². The standard InChI is InChI=1S/C22H26Cl3N3O/c1-3-14(4-2)18-7-8-19(25)20-21(18)28(9-5-6-10-29)22(27-20)26-17-12-15(23)11-16(24)13-17/h7-8,11-14,29H,3-6,9-10H2,1-2H3,(H,26,27). The van der Waals surface area contributed by atoms with Crippen molar-refractivity contribution in [3.63, 3.8) is 0 Å². The van der Waals surface area contributed by atoms with Crippen LogP contribution in [-0.4, -0.2) is 21.3 Å². The zero-order valence-corrected chi connectivity index (χ0v) is 19.0. The van der Waals surface area contributed by atoms with E-state index in [0.717, 1.165) is 48.9 Å². The molecular formula is C22H26Cl3N3O. The second-order valence-corrected chi connectivity index (χ2v) is 8.43.